The molecular weight excluding hydrogens is 530 g/mol. The van der Waals surface area contributed by atoms with Crippen LogP contribution >= 0.6 is 0 Å². The van der Waals surface area contributed by atoms with Crippen molar-refractivity contribution < 1.29 is 28.7 Å². The summed E-state index contributed by atoms with van der Waals surface area (Å²) >= 11 is 0. The summed E-state index contributed by atoms with van der Waals surface area (Å²) in [6, 6.07) is 5.87. The van der Waals surface area contributed by atoms with Crippen LogP contribution in [0, 0.1) is 0 Å². The van der Waals surface area contributed by atoms with Crippen molar-refractivity contribution in [1.82, 2.24) is 20.9 Å². The third-order valence-electron chi connectivity index (χ3n) is 7.36. The van der Waals surface area contributed by atoms with E-state index in [0.717, 1.165) is 12.0 Å². The van der Waals surface area contributed by atoms with Crippen molar-refractivity contribution in [1.29, 1.82) is 0 Å². The minimum Gasteiger partial charge on any atom is -0.361 e. The molecule has 2 fully saturated rings. The first-order valence-electron chi connectivity index (χ1n) is 14.0. The van der Waals surface area contributed by atoms with Gasteiger partial charge in [0, 0.05) is 11.5 Å². The van der Waals surface area contributed by atoms with Crippen molar-refractivity contribution in [2.24, 2.45) is 5.11 Å². The number of ketones is 1. The molecule has 13 heteroatoms. The number of Topliss-reactive ketones (excluding diaryl/α,β-unsaturated/α-hetero) is 1. The zero-order valence-corrected chi connectivity index (χ0v) is 23.8. The Labute approximate surface area is 239 Å². The fraction of sp³-hybridized carbons (Fsp3) is 0.607. The summed E-state index contributed by atoms with van der Waals surface area (Å²) in [6.07, 6.45) is 3.09. The van der Waals surface area contributed by atoms with Gasteiger partial charge in [-0.15, -0.1) is 0 Å². The maximum absolute atomic E-state index is 13.5. The number of unbranched alkanes of at least 4 members (excludes halogenated alkanes) is 1. The lowest BCUT2D eigenvalue weighted by Crippen LogP contribution is -2.57. The molecule has 41 heavy (non-hydrogen) atoms. The molecule has 2 heterocycles. The van der Waals surface area contributed by atoms with E-state index in [0.29, 0.717) is 38.8 Å². The number of azide groups is 1. The molecular formula is C28H39N7O6. The topological polar surface area (TPSA) is 186 Å². The summed E-state index contributed by atoms with van der Waals surface area (Å²) in [7, 11) is 0. The summed E-state index contributed by atoms with van der Waals surface area (Å²) in [5.74, 6) is -2.22. The van der Waals surface area contributed by atoms with Crippen LogP contribution in [0.2, 0.25) is 0 Å². The van der Waals surface area contributed by atoms with Gasteiger partial charge in [0.2, 0.25) is 23.6 Å². The van der Waals surface area contributed by atoms with Crippen LogP contribution in [0.15, 0.2) is 35.4 Å². The van der Waals surface area contributed by atoms with E-state index in [1.54, 1.807) is 6.92 Å². The number of amides is 4. The fourth-order valence-corrected chi connectivity index (χ4v) is 4.89. The molecule has 3 rings (SSSR count). The summed E-state index contributed by atoms with van der Waals surface area (Å²) in [6.45, 7) is 5.34. The molecule has 0 spiro atoms. The summed E-state index contributed by atoms with van der Waals surface area (Å²) < 4.78 is 5.36. The number of epoxide rings is 1. The Morgan fingerprint density at radius 1 is 1.15 bits per heavy atom. The molecule has 0 aromatic heterocycles. The average molecular weight is 570 g/mol. The number of benzene rings is 1. The SMILES string of the molecule is CCCC[C@H](NC(=O)[C@@H]1CCCN1C(=O)[C@H](C)NC(=O)CN=[N+]=[N-])C(=O)N[C@@H](Cc1ccccc1)C(=O)[C@@]1(C)CO1. The highest BCUT2D eigenvalue weighted by Crippen LogP contribution is 2.29. The van der Waals surface area contributed by atoms with Gasteiger partial charge in [-0.3, -0.25) is 24.0 Å². The van der Waals surface area contributed by atoms with Gasteiger partial charge < -0.3 is 25.6 Å². The summed E-state index contributed by atoms with van der Waals surface area (Å²) in [5.41, 5.74) is 8.32. The molecule has 5 atom stereocenters. The molecule has 0 saturated carbocycles. The maximum atomic E-state index is 13.5. The first-order chi connectivity index (χ1) is 19.6. The molecule has 13 nitrogen and oxygen atoms in total. The van der Waals surface area contributed by atoms with E-state index in [2.05, 4.69) is 26.0 Å². The van der Waals surface area contributed by atoms with Crippen molar-refractivity contribution in [3.05, 3.63) is 46.3 Å². The van der Waals surface area contributed by atoms with Gasteiger partial charge >= 0.3 is 0 Å². The third-order valence-corrected chi connectivity index (χ3v) is 7.36. The molecule has 1 aromatic rings. The standard InChI is InChI=1S/C28H39N7O6/c1-4-5-12-20(25(38)33-21(24(37)28(3)17-41-28)15-19-10-7-6-8-11-19)32-26(39)22-13-9-14-35(22)27(40)18(2)31-23(36)16-30-34-29/h6-8,10-11,18,20-22H,4-5,9,12-17H2,1-3H3,(H,31,36)(H,32,39)(H,33,38)/t18-,20-,21-,22-,28+/m0/s1. The van der Waals surface area contributed by atoms with E-state index < -0.39 is 59.9 Å². The minimum atomic E-state index is -0.938. The van der Waals surface area contributed by atoms with Gasteiger partial charge in [0.25, 0.3) is 0 Å². The molecule has 0 aliphatic carbocycles. The fourth-order valence-electron chi connectivity index (χ4n) is 4.89. The van der Waals surface area contributed by atoms with Crippen LogP contribution in [-0.4, -0.2) is 83.8 Å². The van der Waals surface area contributed by atoms with Crippen LogP contribution in [0.4, 0.5) is 0 Å². The number of rotatable bonds is 15. The molecule has 2 saturated heterocycles. The van der Waals surface area contributed by atoms with Gasteiger partial charge in [-0.2, -0.15) is 0 Å². The molecule has 2 aliphatic rings. The second kappa shape index (κ2) is 14.6. The number of hydrogen-bond donors (Lipinski definition) is 3. The van der Waals surface area contributed by atoms with Crippen LogP contribution in [0.25, 0.3) is 10.4 Å². The van der Waals surface area contributed by atoms with Gasteiger partial charge in [-0.05, 0) is 50.6 Å². The van der Waals surface area contributed by atoms with E-state index in [1.807, 2.05) is 37.3 Å². The van der Waals surface area contributed by atoms with Crippen molar-refractivity contribution in [2.45, 2.75) is 89.1 Å². The lowest BCUT2D eigenvalue weighted by atomic mass is 9.94. The summed E-state index contributed by atoms with van der Waals surface area (Å²) in [4.78, 5) is 69.0. The van der Waals surface area contributed by atoms with Crippen molar-refractivity contribution >= 4 is 29.4 Å². The predicted octanol–water partition coefficient (Wildman–Crippen LogP) is 1.55. The van der Waals surface area contributed by atoms with Crippen LogP contribution in [0.3, 0.4) is 0 Å². The molecule has 0 unspecified atom stereocenters. The molecule has 4 amide bonds. The second-order valence-electron chi connectivity index (χ2n) is 10.7. The third kappa shape index (κ3) is 8.76. The van der Waals surface area contributed by atoms with Gasteiger partial charge in [-0.1, -0.05) is 55.2 Å². The molecule has 2 aliphatic heterocycles. The van der Waals surface area contributed by atoms with E-state index in [4.69, 9.17) is 10.3 Å². The maximum Gasteiger partial charge on any atom is 0.245 e. The predicted molar refractivity (Wildman–Crippen MR) is 149 cm³/mol. The van der Waals surface area contributed by atoms with Crippen LogP contribution in [-0.2, 0) is 35.1 Å². The van der Waals surface area contributed by atoms with Crippen LogP contribution in [0.1, 0.15) is 58.4 Å². The quantitative estimate of drug-likeness (QED) is 0.124. The van der Waals surface area contributed by atoms with E-state index >= 15 is 0 Å². The second-order valence-corrected chi connectivity index (χ2v) is 10.7. The normalized spacial score (nSPS) is 21.5. The van der Waals surface area contributed by atoms with Crippen molar-refractivity contribution in [3.63, 3.8) is 0 Å². The Morgan fingerprint density at radius 3 is 2.49 bits per heavy atom. The smallest absolute Gasteiger partial charge is 0.245 e. The lowest BCUT2D eigenvalue weighted by Gasteiger charge is -2.29. The molecule has 3 N–H and O–H groups in total. The highest BCUT2D eigenvalue weighted by Gasteiger charge is 2.50. The Balaban J connectivity index is 1.69. The van der Waals surface area contributed by atoms with Gasteiger partial charge in [0.15, 0.2) is 5.78 Å². The van der Waals surface area contributed by atoms with E-state index in [1.165, 1.54) is 11.8 Å². The summed E-state index contributed by atoms with van der Waals surface area (Å²) in [5, 5.41) is 11.3. The van der Waals surface area contributed by atoms with E-state index in [9.17, 15) is 24.0 Å². The number of hydrogen-bond acceptors (Lipinski definition) is 7. The van der Waals surface area contributed by atoms with Crippen molar-refractivity contribution in [2.75, 3.05) is 19.7 Å². The van der Waals surface area contributed by atoms with Gasteiger partial charge in [0.1, 0.15) is 30.3 Å². The molecule has 1 aromatic carbocycles. The number of nitrogens with one attached hydrogen (secondary N) is 3. The van der Waals surface area contributed by atoms with Gasteiger partial charge in [0.05, 0.1) is 12.6 Å². The van der Waals surface area contributed by atoms with E-state index in [-0.39, 0.29) is 12.2 Å². The van der Waals surface area contributed by atoms with Crippen molar-refractivity contribution in [3.8, 4) is 0 Å². The van der Waals surface area contributed by atoms with Crippen LogP contribution in [0.5, 0.6) is 0 Å². The minimum absolute atomic E-state index is 0.223. The first-order valence-corrected chi connectivity index (χ1v) is 14.0. The van der Waals surface area contributed by atoms with Gasteiger partial charge in [-0.25, -0.2) is 0 Å². The number of ether oxygens (including phenoxy) is 1. The number of likely N-dealkylation sites (tertiary alicyclic amines) is 1. The van der Waals surface area contributed by atoms with Crippen LogP contribution < -0.4 is 16.0 Å². The highest BCUT2D eigenvalue weighted by molar-refractivity contribution is 5.99. The Hall–Kier alpha value is -3.96. The Bertz CT molecular complexity index is 1170. The average Bonchev–Trinajstić information content (AvgIpc) is 3.52. The number of nitrogens with zero attached hydrogens (tertiary/aromatic N) is 4. The Kier molecular flexibility index (Phi) is 11.2. The number of carbonyl (C=O) groups is 5. The monoisotopic (exact) mass is 569 g/mol. The molecule has 0 bridgehead atoms. The zero-order chi connectivity index (χ0) is 30.0. The largest absolute Gasteiger partial charge is 0.361 e. The zero-order valence-electron chi connectivity index (χ0n) is 23.8. The Morgan fingerprint density at radius 2 is 1.85 bits per heavy atom. The lowest BCUT2D eigenvalue weighted by molar-refractivity contribution is -0.141. The first kappa shape index (κ1) is 31.6. The molecule has 0 radical (unpaired) electrons. The highest BCUT2D eigenvalue weighted by atomic mass is 16.6. The number of carbonyl (C=O) groups excluding carboxylic acids is 5. The molecule has 222 valence electrons.